The largest absolute Gasteiger partial charge is 0.486 e. The Morgan fingerprint density at radius 3 is 2.57 bits per heavy atom. The summed E-state index contributed by atoms with van der Waals surface area (Å²) in [5.74, 6) is 0.458. The Labute approximate surface area is 216 Å². The van der Waals surface area contributed by atoms with Gasteiger partial charge in [0, 0.05) is 12.8 Å². The van der Waals surface area contributed by atoms with Gasteiger partial charge in [-0.15, -0.1) is 0 Å². The molecular weight excluding hydrogens is 480 g/mol. The number of nitrogens with one attached hydrogen (secondary N) is 2. The first kappa shape index (κ1) is 26.9. The highest BCUT2D eigenvalue weighted by Gasteiger charge is 2.55. The van der Waals surface area contributed by atoms with E-state index in [1.807, 2.05) is 19.1 Å². The van der Waals surface area contributed by atoms with Crippen LogP contribution in [-0.4, -0.2) is 77.5 Å². The SMILES string of the molecule is C[C@@H]1CCC[N+]1(C(=O)NC(=O)NCC1COc2ccccc2O1)C(=O)[C@H](CC1CCCC1)CN(O)C=O. The van der Waals surface area contributed by atoms with Gasteiger partial charge in [0.15, 0.2) is 17.6 Å². The van der Waals surface area contributed by atoms with Gasteiger partial charge in [-0.2, -0.15) is 4.48 Å². The van der Waals surface area contributed by atoms with Gasteiger partial charge >= 0.3 is 18.0 Å². The van der Waals surface area contributed by atoms with Gasteiger partial charge < -0.3 is 14.8 Å². The monoisotopic (exact) mass is 517 g/mol. The van der Waals surface area contributed by atoms with Crippen molar-refractivity contribution in [3.05, 3.63) is 24.3 Å². The number of fused-ring (bicyclic) bond motifs is 1. The molecule has 2 heterocycles. The maximum absolute atomic E-state index is 14.0. The zero-order chi connectivity index (χ0) is 26.4. The Morgan fingerprint density at radius 2 is 1.89 bits per heavy atom. The van der Waals surface area contributed by atoms with E-state index in [1.165, 1.54) is 0 Å². The molecule has 0 spiro atoms. The lowest BCUT2D eigenvalue weighted by Crippen LogP contribution is -2.66. The van der Waals surface area contributed by atoms with Gasteiger partial charge in [0.2, 0.25) is 6.41 Å². The van der Waals surface area contributed by atoms with Crippen molar-refractivity contribution in [1.82, 2.24) is 15.7 Å². The van der Waals surface area contributed by atoms with Gasteiger partial charge in [-0.05, 0) is 31.4 Å². The van der Waals surface area contributed by atoms with E-state index in [-0.39, 0.29) is 44.6 Å². The van der Waals surface area contributed by atoms with Gasteiger partial charge in [0.05, 0.1) is 25.6 Å². The van der Waals surface area contributed by atoms with Crippen LogP contribution in [0.4, 0.5) is 9.59 Å². The molecule has 1 aliphatic carbocycles. The zero-order valence-corrected chi connectivity index (χ0v) is 21.3. The quantitative estimate of drug-likeness (QED) is 0.209. The van der Waals surface area contributed by atoms with E-state index in [2.05, 4.69) is 10.6 Å². The smallest absolute Gasteiger partial charge is 0.432 e. The Hall–Kier alpha value is -3.18. The van der Waals surface area contributed by atoms with Crippen LogP contribution in [0.1, 0.15) is 51.9 Å². The third-order valence-electron chi connectivity index (χ3n) is 7.89. The van der Waals surface area contributed by atoms with Crippen molar-refractivity contribution in [3.8, 4) is 11.5 Å². The topological polar surface area (TPSA) is 134 Å². The molecule has 1 aromatic rings. The van der Waals surface area contributed by atoms with Crippen LogP contribution >= 0.6 is 0 Å². The maximum atomic E-state index is 14.0. The molecule has 0 radical (unpaired) electrons. The summed E-state index contributed by atoms with van der Waals surface area (Å²) in [7, 11) is 0. The van der Waals surface area contributed by atoms with Crippen molar-refractivity contribution >= 4 is 24.4 Å². The van der Waals surface area contributed by atoms with Crippen molar-refractivity contribution in [2.75, 3.05) is 26.2 Å². The Morgan fingerprint density at radius 1 is 1.16 bits per heavy atom. The molecule has 2 unspecified atom stereocenters. The molecular formula is C26H37N4O7+. The van der Waals surface area contributed by atoms with E-state index in [0.717, 1.165) is 25.7 Å². The third-order valence-corrected chi connectivity index (χ3v) is 7.89. The summed E-state index contributed by atoms with van der Waals surface area (Å²) >= 11 is 0. The zero-order valence-electron chi connectivity index (χ0n) is 21.3. The number of amides is 6. The van der Waals surface area contributed by atoms with E-state index in [0.29, 0.717) is 41.7 Å². The average Bonchev–Trinajstić information content (AvgIpc) is 3.56. The lowest BCUT2D eigenvalue weighted by atomic mass is 9.91. The van der Waals surface area contributed by atoms with Crippen molar-refractivity contribution in [3.63, 3.8) is 0 Å². The second kappa shape index (κ2) is 11.9. The molecule has 0 bridgehead atoms. The minimum absolute atomic E-state index is 0.111. The van der Waals surface area contributed by atoms with Crippen molar-refractivity contribution in [2.24, 2.45) is 11.8 Å². The van der Waals surface area contributed by atoms with Crippen molar-refractivity contribution in [2.45, 2.75) is 64.0 Å². The Bertz CT molecular complexity index is 999. The molecule has 202 valence electrons. The Balaban J connectivity index is 1.41. The summed E-state index contributed by atoms with van der Waals surface area (Å²) in [4.78, 5) is 51.3. The number of carbonyl (C=O) groups excluding carboxylic acids is 4. The first-order valence-electron chi connectivity index (χ1n) is 13.1. The summed E-state index contributed by atoms with van der Waals surface area (Å²) in [6.07, 6.45) is 5.78. The van der Waals surface area contributed by atoms with Gasteiger partial charge in [-0.25, -0.2) is 24.8 Å². The normalized spacial score (nSPS) is 25.8. The predicted octanol–water partition coefficient (Wildman–Crippen LogP) is 2.82. The average molecular weight is 518 g/mol. The van der Waals surface area contributed by atoms with Crippen LogP contribution in [0.15, 0.2) is 24.3 Å². The first-order chi connectivity index (χ1) is 17.8. The van der Waals surface area contributed by atoms with E-state index in [9.17, 15) is 24.4 Å². The number of hydrogen-bond acceptors (Lipinski definition) is 7. The number of quaternary nitrogens is 1. The highest BCUT2D eigenvalue weighted by Crippen LogP contribution is 2.36. The third kappa shape index (κ3) is 6.04. The molecule has 11 nitrogen and oxygen atoms in total. The molecule has 2 fully saturated rings. The number of ether oxygens (including phenoxy) is 2. The summed E-state index contributed by atoms with van der Waals surface area (Å²) in [6, 6.07) is 5.50. The number of rotatable bonds is 8. The highest BCUT2D eigenvalue weighted by molar-refractivity contribution is 5.95. The number of likely N-dealkylation sites (tertiary alicyclic amines) is 1. The van der Waals surface area contributed by atoms with Crippen LogP contribution in [0.3, 0.4) is 0 Å². The molecule has 37 heavy (non-hydrogen) atoms. The number of carbonyl (C=O) groups is 4. The van der Waals surface area contributed by atoms with Gasteiger partial charge in [0.1, 0.15) is 12.6 Å². The van der Waals surface area contributed by atoms with E-state index < -0.39 is 28.6 Å². The van der Waals surface area contributed by atoms with E-state index >= 15 is 0 Å². The van der Waals surface area contributed by atoms with Gasteiger partial charge in [-0.1, -0.05) is 37.8 Å². The molecule has 6 amide bonds. The van der Waals surface area contributed by atoms with Crippen LogP contribution in [0.2, 0.25) is 0 Å². The molecule has 4 rings (SSSR count). The van der Waals surface area contributed by atoms with E-state index in [1.54, 1.807) is 12.1 Å². The number of hydroxylamine groups is 2. The molecule has 4 atom stereocenters. The molecule has 0 aromatic heterocycles. The second-order valence-corrected chi connectivity index (χ2v) is 10.4. The van der Waals surface area contributed by atoms with Crippen LogP contribution < -0.4 is 20.1 Å². The first-order valence-corrected chi connectivity index (χ1v) is 13.1. The van der Waals surface area contributed by atoms with Crippen LogP contribution in [0, 0.1) is 11.8 Å². The minimum atomic E-state index is -0.721. The molecule has 3 N–H and O–H groups in total. The number of para-hydroxylation sites is 2. The highest BCUT2D eigenvalue weighted by atomic mass is 16.6. The van der Waals surface area contributed by atoms with Crippen LogP contribution in [-0.2, 0) is 9.59 Å². The van der Waals surface area contributed by atoms with Crippen molar-refractivity contribution in [1.29, 1.82) is 0 Å². The maximum Gasteiger partial charge on any atom is 0.432 e. The summed E-state index contributed by atoms with van der Waals surface area (Å²) < 4.78 is 11.0. The molecule has 11 heteroatoms. The van der Waals surface area contributed by atoms with Crippen LogP contribution in [0.5, 0.6) is 11.5 Å². The van der Waals surface area contributed by atoms with Gasteiger partial charge in [0.25, 0.3) is 0 Å². The molecule has 1 saturated carbocycles. The molecule has 1 saturated heterocycles. The Kier molecular flexibility index (Phi) is 8.65. The van der Waals surface area contributed by atoms with Gasteiger partial charge in [-0.3, -0.25) is 10.0 Å². The fourth-order valence-electron chi connectivity index (χ4n) is 5.91. The van der Waals surface area contributed by atoms with Crippen molar-refractivity contribution < 1.29 is 38.3 Å². The fraction of sp³-hybridized carbons (Fsp3) is 0.615. The lowest BCUT2D eigenvalue weighted by Gasteiger charge is -2.36. The standard InChI is InChI=1S/C26H36N4O7/c1-18-7-6-12-30(18,24(32)20(15-29(35)17-31)13-19-8-2-3-9-19)26(34)28-25(33)27-14-21-16-36-22-10-4-5-11-23(22)37-21/h4-5,10-11,17-21,35H,2-3,6-9,12-16H2,1H3,(H-,27,28,33,34)/p+1/t18-,20-,21?,30?/m1/s1. The fourth-order valence-corrected chi connectivity index (χ4v) is 5.91. The predicted molar refractivity (Wildman–Crippen MR) is 132 cm³/mol. The second-order valence-electron chi connectivity index (χ2n) is 10.4. The van der Waals surface area contributed by atoms with E-state index in [4.69, 9.17) is 9.47 Å². The number of nitrogens with zero attached hydrogens (tertiary/aromatic N) is 2. The summed E-state index contributed by atoms with van der Waals surface area (Å²) in [6.45, 7) is 2.28. The van der Waals surface area contributed by atoms with Crippen LogP contribution in [0.25, 0.3) is 0 Å². The number of hydrogen-bond donors (Lipinski definition) is 3. The lowest BCUT2D eigenvalue weighted by molar-refractivity contribution is -0.786. The molecule has 1 aromatic carbocycles. The summed E-state index contributed by atoms with van der Waals surface area (Å²) in [5, 5.41) is 15.4. The summed E-state index contributed by atoms with van der Waals surface area (Å²) in [5.41, 5.74) is 0. The molecule has 2 aliphatic heterocycles. The number of imide groups is 2. The number of urea groups is 2. The number of benzene rings is 1. The minimum Gasteiger partial charge on any atom is -0.486 e. The molecule has 3 aliphatic rings.